The second kappa shape index (κ2) is 6.37. The highest BCUT2D eigenvalue weighted by molar-refractivity contribution is 8.13. The van der Waals surface area contributed by atoms with Crippen molar-refractivity contribution in [1.29, 1.82) is 0 Å². The second-order valence-electron chi connectivity index (χ2n) is 5.25. The molecule has 1 atom stereocenters. The van der Waals surface area contributed by atoms with Crippen LogP contribution in [0.1, 0.15) is 42.7 Å². The third kappa shape index (κ3) is 3.78. The van der Waals surface area contributed by atoms with Crippen LogP contribution in [-0.4, -0.2) is 38.7 Å². The SMILES string of the molecule is COC(C)CNC(=O)c1cc(S(=O)(=O)Cl)cn1C1CCC1. The molecule has 1 N–H and O–H groups in total. The van der Waals surface area contributed by atoms with Crippen LogP contribution in [0.4, 0.5) is 0 Å². The van der Waals surface area contributed by atoms with Gasteiger partial charge in [0.25, 0.3) is 15.0 Å². The minimum absolute atomic E-state index is 0.0407. The molecule has 6 nitrogen and oxygen atoms in total. The molecule has 1 aliphatic rings. The van der Waals surface area contributed by atoms with E-state index in [0.717, 1.165) is 19.3 Å². The maximum Gasteiger partial charge on any atom is 0.268 e. The van der Waals surface area contributed by atoms with Gasteiger partial charge in [-0.05, 0) is 32.3 Å². The van der Waals surface area contributed by atoms with Gasteiger partial charge in [0.15, 0.2) is 0 Å². The lowest BCUT2D eigenvalue weighted by Crippen LogP contribution is -2.33. The minimum Gasteiger partial charge on any atom is -0.380 e. The van der Waals surface area contributed by atoms with E-state index in [4.69, 9.17) is 15.4 Å². The van der Waals surface area contributed by atoms with Crippen molar-refractivity contribution in [2.45, 2.75) is 43.2 Å². The van der Waals surface area contributed by atoms with E-state index in [1.807, 2.05) is 6.92 Å². The van der Waals surface area contributed by atoms with E-state index in [1.54, 1.807) is 11.7 Å². The van der Waals surface area contributed by atoms with Crippen molar-refractivity contribution in [1.82, 2.24) is 9.88 Å². The van der Waals surface area contributed by atoms with Crippen LogP contribution in [0, 0.1) is 0 Å². The van der Waals surface area contributed by atoms with Crippen molar-refractivity contribution in [3.63, 3.8) is 0 Å². The molecule has 1 saturated carbocycles. The van der Waals surface area contributed by atoms with Crippen LogP contribution in [0.25, 0.3) is 0 Å². The predicted molar refractivity (Wildman–Crippen MR) is 79.2 cm³/mol. The molecule has 2 rings (SSSR count). The van der Waals surface area contributed by atoms with Gasteiger partial charge in [-0.1, -0.05) is 0 Å². The van der Waals surface area contributed by atoms with E-state index in [0.29, 0.717) is 12.2 Å². The van der Waals surface area contributed by atoms with Crippen LogP contribution in [-0.2, 0) is 13.8 Å². The van der Waals surface area contributed by atoms with E-state index in [9.17, 15) is 13.2 Å². The average Bonchev–Trinajstić information content (AvgIpc) is 2.78. The van der Waals surface area contributed by atoms with Crippen molar-refractivity contribution < 1.29 is 17.9 Å². The zero-order valence-corrected chi connectivity index (χ0v) is 13.6. The summed E-state index contributed by atoms with van der Waals surface area (Å²) in [7, 11) is 3.09. The number of carbonyl (C=O) groups is 1. The minimum atomic E-state index is -3.84. The molecule has 0 aliphatic heterocycles. The van der Waals surface area contributed by atoms with Gasteiger partial charge >= 0.3 is 0 Å². The number of hydrogen-bond donors (Lipinski definition) is 1. The molecule has 0 bridgehead atoms. The first-order valence-corrected chi connectivity index (χ1v) is 9.11. The van der Waals surface area contributed by atoms with Gasteiger partial charge in [0, 0.05) is 36.6 Å². The number of amides is 1. The molecule has 8 heteroatoms. The number of aromatic nitrogens is 1. The summed E-state index contributed by atoms with van der Waals surface area (Å²) >= 11 is 0. The average molecular weight is 335 g/mol. The molecule has 1 unspecified atom stereocenters. The van der Waals surface area contributed by atoms with Crippen molar-refractivity contribution >= 4 is 25.6 Å². The number of nitrogens with one attached hydrogen (secondary N) is 1. The Bertz CT molecular complexity index is 622. The number of hydrogen-bond acceptors (Lipinski definition) is 4. The standard InChI is InChI=1S/C13H19ClN2O4S/c1-9(20-2)7-15-13(17)12-6-11(21(14,18)19)8-16(12)10-4-3-5-10/h6,8-10H,3-5,7H2,1-2H3,(H,15,17). The number of ether oxygens (including phenoxy) is 1. The van der Waals surface area contributed by atoms with Gasteiger partial charge in [-0.2, -0.15) is 0 Å². The molecule has 1 fully saturated rings. The topological polar surface area (TPSA) is 77.4 Å². The molecule has 0 saturated heterocycles. The lowest BCUT2D eigenvalue weighted by molar-refractivity contribution is 0.0857. The van der Waals surface area contributed by atoms with Gasteiger partial charge in [-0.25, -0.2) is 8.42 Å². The first-order valence-electron chi connectivity index (χ1n) is 6.80. The molecule has 1 aromatic heterocycles. The van der Waals surface area contributed by atoms with Crippen LogP contribution < -0.4 is 5.32 Å². The number of halogens is 1. The molecule has 1 aromatic rings. The zero-order chi connectivity index (χ0) is 15.6. The Labute approximate surface area is 128 Å². The Hall–Kier alpha value is -1.05. The molecular formula is C13H19ClN2O4S. The Morgan fingerprint density at radius 2 is 2.24 bits per heavy atom. The highest BCUT2D eigenvalue weighted by atomic mass is 35.7. The van der Waals surface area contributed by atoms with Crippen molar-refractivity contribution in [3.05, 3.63) is 18.0 Å². The first kappa shape index (κ1) is 16.3. The summed E-state index contributed by atoms with van der Waals surface area (Å²) < 4.78 is 29.7. The summed E-state index contributed by atoms with van der Waals surface area (Å²) in [5.74, 6) is -0.322. The molecule has 1 heterocycles. The monoisotopic (exact) mass is 334 g/mol. The largest absolute Gasteiger partial charge is 0.380 e. The van der Waals surface area contributed by atoms with E-state index in [-0.39, 0.29) is 22.9 Å². The maximum absolute atomic E-state index is 12.2. The Morgan fingerprint density at radius 1 is 1.57 bits per heavy atom. The van der Waals surface area contributed by atoms with Crippen LogP contribution in [0.3, 0.4) is 0 Å². The second-order valence-corrected chi connectivity index (χ2v) is 7.81. The van der Waals surface area contributed by atoms with Crippen molar-refractivity contribution in [3.8, 4) is 0 Å². The van der Waals surface area contributed by atoms with Gasteiger partial charge in [0.1, 0.15) is 10.6 Å². The van der Waals surface area contributed by atoms with Gasteiger partial charge in [-0.15, -0.1) is 0 Å². The fourth-order valence-electron chi connectivity index (χ4n) is 2.15. The van der Waals surface area contributed by atoms with Crippen molar-refractivity contribution in [2.75, 3.05) is 13.7 Å². The molecule has 0 spiro atoms. The summed E-state index contributed by atoms with van der Waals surface area (Å²) in [5, 5.41) is 2.74. The Morgan fingerprint density at radius 3 is 2.71 bits per heavy atom. The molecule has 0 aromatic carbocycles. The molecule has 1 aliphatic carbocycles. The molecule has 21 heavy (non-hydrogen) atoms. The normalized spacial score (nSPS) is 17.3. The zero-order valence-electron chi connectivity index (χ0n) is 12.0. The van der Waals surface area contributed by atoms with E-state index in [2.05, 4.69) is 5.32 Å². The van der Waals surface area contributed by atoms with Crippen LogP contribution in [0.5, 0.6) is 0 Å². The van der Waals surface area contributed by atoms with E-state index < -0.39 is 9.05 Å². The summed E-state index contributed by atoms with van der Waals surface area (Å²) in [5.41, 5.74) is 0.322. The van der Waals surface area contributed by atoms with E-state index >= 15 is 0 Å². The van der Waals surface area contributed by atoms with Gasteiger partial charge in [0.05, 0.1) is 6.10 Å². The lowest BCUT2D eigenvalue weighted by Gasteiger charge is -2.28. The quantitative estimate of drug-likeness (QED) is 0.806. The predicted octanol–water partition coefficient (Wildman–Crippen LogP) is 1.91. The van der Waals surface area contributed by atoms with Gasteiger partial charge in [0.2, 0.25) is 0 Å². The number of carbonyl (C=O) groups excluding carboxylic acids is 1. The first-order chi connectivity index (χ1) is 9.82. The summed E-state index contributed by atoms with van der Waals surface area (Å²) in [6.45, 7) is 2.19. The maximum atomic E-state index is 12.2. The number of rotatable bonds is 6. The van der Waals surface area contributed by atoms with Crippen LogP contribution in [0.15, 0.2) is 17.2 Å². The summed E-state index contributed by atoms with van der Waals surface area (Å²) in [4.78, 5) is 12.2. The molecule has 0 radical (unpaired) electrons. The summed E-state index contributed by atoms with van der Waals surface area (Å²) in [6, 6.07) is 1.49. The third-order valence-corrected chi connectivity index (χ3v) is 5.08. The Kier molecular flexibility index (Phi) is 4.95. The fourth-order valence-corrected chi connectivity index (χ4v) is 2.89. The number of methoxy groups -OCH3 is 1. The lowest BCUT2D eigenvalue weighted by atomic mass is 9.93. The van der Waals surface area contributed by atoms with Crippen LogP contribution >= 0.6 is 10.7 Å². The van der Waals surface area contributed by atoms with Gasteiger partial charge in [-0.3, -0.25) is 4.79 Å². The molecule has 118 valence electrons. The van der Waals surface area contributed by atoms with Crippen LogP contribution in [0.2, 0.25) is 0 Å². The Balaban J connectivity index is 2.24. The fraction of sp³-hybridized carbons (Fsp3) is 0.615. The van der Waals surface area contributed by atoms with E-state index in [1.165, 1.54) is 12.3 Å². The smallest absolute Gasteiger partial charge is 0.268 e. The van der Waals surface area contributed by atoms with Gasteiger partial charge < -0.3 is 14.6 Å². The van der Waals surface area contributed by atoms with Crippen molar-refractivity contribution in [2.24, 2.45) is 0 Å². The number of nitrogens with zero attached hydrogens (tertiary/aromatic N) is 1. The highest BCUT2D eigenvalue weighted by Gasteiger charge is 2.27. The molecular weight excluding hydrogens is 316 g/mol. The molecule has 1 amide bonds. The highest BCUT2D eigenvalue weighted by Crippen LogP contribution is 2.34. The summed E-state index contributed by atoms with van der Waals surface area (Å²) in [6.07, 6.45) is 4.28. The third-order valence-electron chi connectivity index (χ3n) is 3.76.